The van der Waals surface area contributed by atoms with Crippen molar-refractivity contribution in [2.45, 2.75) is 44.7 Å². The Morgan fingerprint density at radius 2 is 1.83 bits per heavy atom. The van der Waals surface area contributed by atoms with Gasteiger partial charge in [0.05, 0.1) is 30.6 Å². The monoisotopic (exact) mass is 500 g/mol. The number of aliphatic hydroxyl groups excluding tert-OH is 1. The lowest BCUT2D eigenvalue weighted by molar-refractivity contribution is -0.121. The third-order valence-corrected chi connectivity index (χ3v) is 7.31. The van der Waals surface area contributed by atoms with Crippen LogP contribution >= 0.6 is 0 Å². The molecule has 2 amide bonds. The summed E-state index contributed by atoms with van der Waals surface area (Å²) in [4.78, 5) is 43.1. The van der Waals surface area contributed by atoms with Crippen LogP contribution in [0.15, 0.2) is 35.1 Å². The molecule has 1 saturated heterocycles. The van der Waals surface area contributed by atoms with E-state index in [-0.39, 0.29) is 43.0 Å². The van der Waals surface area contributed by atoms with E-state index in [0.29, 0.717) is 30.8 Å². The minimum Gasteiger partial charge on any atom is -0.465 e. The zero-order valence-electron chi connectivity index (χ0n) is 21.1. The van der Waals surface area contributed by atoms with Gasteiger partial charge in [0.25, 0.3) is 5.56 Å². The standard InChI is InChI=1S/C26H33FN4O5/c1-16-11-29(20(14-32)12-30(16)25(35)36)13-22(33)31-15-26(2,3)23-21(31)10-18(24(34)28(23)4)9-17-5-7-19(27)8-6-17/h5-8,10,16,20,32H,9,11-15H2,1-4H3,(H,35,36)/t16-,20+/m1/s1. The van der Waals surface area contributed by atoms with E-state index in [1.807, 2.05) is 18.7 Å². The van der Waals surface area contributed by atoms with Gasteiger partial charge in [0.2, 0.25) is 5.91 Å². The first-order chi connectivity index (χ1) is 16.9. The predicted octanol–water partition coefficient (Wildman–Crippen LogP) is 1.78. The molecule has 0 unspecified atom stereocenters. The number of carboxylic acid groups (broad SMARTS) is 1. The SMILES string of the molecule is C[C@@H]1CN(CC(=O)N2CC(C)(C)c3c2cc(Cc2ccc(F)cc2)c(=O)n3C)[C@H](CO)CN1C(=O)O. The fourth-order valence-electron chi connectivity index (χ4n) is 5.52. The largest absolute Gasteiger partial charge is 0.465 e. The number of halogens is 1. The van der Waals surface area contributed by atoms with Gasteiger partial charge in [-0.15, -0.1) is 0 Å². The second-order valence-electron chi connectivity index (χ2n) is 10.5. The lowest BCUT2D eigenvalue weighted by Gasteiger charge is -2.43. The first-order valence-electron chi connectivity index (χ1n) is 12.1. The number of carbonyl (C=O) groups excluding carboxylic acids is 1. The van der Waals surface area contributed by atoms with Gasteiger partial charge < -0.3 is 24.6 Å². The van der Waals surface area contributed by atoms with Crippen LogP contribution in [0.1, 0.15) is 37.6 Å². The van der Waals surface area contributed by atoms with Gasteiger partial charge in [0.15, 0.2) is 0 Å². The molecule has 194 valence electrons. The fourth-order valence-corrected chi connectivity index (χ4v) is 5.52. The summed E-state index contributed by atoms with van der Waals surface area (Å²) in [5, 5.41) is 19.3. The maximum Gasteiger partial charge on any atom is 0.407 e. The van der Waals surface area contributed by atoms with Crippen LogP contribution in [0, 0.1) is 5.82 Å². The van der Waals surface area contributed by atoms with Crippen LogP contribution in [-0.2, 0) is 23.7 Å². The number of aromatic nitrogens is 1. The second-order valence-corrected chi connectivity index (χ2v) is 10.5. The molecule has 0 radical (unpaired) electrons. The summed E-state index contributed by atoms with van der Waals surface area (Å²) in [6, 6.07) is 6.96. The minimum absolute atomic E-state index is 0.0225. The molecule has 0 spiro atoms. The van der Waals surface area contributed by atoms with Crippen LogP contribution in [0.2, 0.25) is 0 Å². The van der Waals surface area contributed by atoms with Crippen LogP contribution in [0.4, 0.5) is 14.9 Å². The Balaban J connectivity index is 1.63. The maximum absolute atomic E-state index is 13.6. The maximum atomic E-state index is 13.6. The zero-order valence-corrected chi connectivity index (χ0v) is 21.1. The molecule has 1 fully saturated rings. The summed E-state index contributed by atoms with van der Waals surface area (Å²) >= 11 is 0. The highest BCUT2D eigenvalue weighted by molar-refractivity contribution is 5.97. The molecule has 2 N–H and O–H groups in total. The molecule has 3 heterocycles. The van der Waals surface area contributed by atoms with Crippen molar-refractivity contribution >= 4 is 17.7 Å². The van der Waals surface area contributed by atoms with Crippen molar-refractivity contribution in [1.82, 2.24) is 14.4 Å². The molecule has 0 aliphatic carbocycles. The van der Waals surface area contributed by atoms with E-state index in [9.17, 15) is 29.0 Å². The van der Waals surface area contributed by atoms with Gasteiger partial charge in [-0.3, -0.25) is 14.5 Å². The molecule has 2 aromatic rings. The van der Waals surface area contributed by atoms with Gasteiger partial charge in [0.1, 0.15) is 5.82 Å². The molecular weight excluding hydrogens is 467 g/mol. The minimum atomic E-state index is -1.04. The molecule has 2 aliphatic rings. The van der Waals surface area contributed by atoms with E-state index in [0.717, 1.165) is 11.3 Å². The summed E-state index contributed by atoms with van der Waals surface area (Å²) < 4.78 is 14.9. The number of rotatable bonds is 5. The highest BCUT2D eigenvalue weighted by atomic mass is 19.1. The molecule has 4 rings (SSSR count). The van der Waals surface area contributed by atoms with E-state index in [1.54, 1.807) is 41.6 Å². The van der Waals surface area contributed by atoms with Crippen LogP contribution < -0.4 is 10.5 Å². The van der Waals surface area contributed by atoms with Crippen molar-refractivity contribution in [1.29, 1.82) is 0 Å². The molecule has 1 aromatic heterocycles. The topological polar surface area (TPSA) is 106 Å². The smallest absolute Gasteiger partial charge is 0.407 e. The summed E-state index contributed by atoms with van der Waals surface area (Å²) in [5.41, 5.74) is 2.13. The van der Waals surface area contributed by atoms with Crippen molar-refractivity contribution in [3.63, 3.8) is 0 Å². The molecule has 9 nitrogen and oxygen atoms in total. The third-order valence-electron chi connectivity index (χ3n) is 7.31. The van der Waals surface area contributed by atoms with Gasteiger partial charge in [-0.2, -0.15) is 0 Å². The number of aliphatic hydroxyl groups is 1. The summed E-state index contributed by atoms with van der Waals surface area (Å²) in [5.74, 6) is -0.526. The van der Waals surface area contributed by atoms with Crippen molar-refractivity contribution in [3.05, 3.63) is 63.3 Å². The normalized spacial score (nSPS) is 21.5. The number of pyridine rings is 1. The van der Waals surface area contributed by atoms with Gasteiger partial charge in [-0.05, 0) is 30.7 Å². The lowest BCUT2D eigenvalue weighted by atomic mass is 9.90. The Morgan fingerprint density at radius 1 is 1.17 bits per heavy atom. The van der Waals surface area contributed by atoms with Crippen molar-refractivity contribution in [3.8, 4) is 0 Å². The van der Waals surface area contributed by atoms with Crippen LogP contribution in [0.5, 0.6) is 0 Å². The zero-order chi connectivity index (χ0) is 26.4. The Bertz CT molecular complexity index is 1230. The Morgan fingerprint density at radius 3 is 2.44 bits per heavy atom. The number of nitrogens with zero attached hydrogens (tertiary/aromatic N) is 4. The second kappa shape index (κ2) is 9.67. The van der Waals surface area contributed by atoms with E-state index in [2.05, 4.69) is 0 Å². The Hall–Kier alpha value is -3.24. The molecular formula is C26H33FN4O5. The van der Waals surface area contributed by atoms with Gasteiger partial charge >= 0.3 is 6.09 Å². The number of piperazine rings is 1. The molecule has 0 saturated carbocycles. The van der Waals surface area contributed by atoms with Crippen LogP contribution in [0.25, 0.3) is 0 Å². The summed E-state index contributed by atoms with van der Waals surface area (Å²) in [6.45, 7) is 6.37. The summed E-state index contributed by atoms with van der Waals surface area (Å²) in [7, 11) is 1.71. The highest BCUT2D eigenvalue weighted by Gasteiger charge is 2.42. The molecule has 1 aromatic carbocycles. The Kier molecular flexibility index (Phi) is 6.94. The molecule has 2 aliphatic heterocycles. The fraction of sp³-hybridized carbons (Fsp3) is 0.500. The molecule has 0 bridgehead atoms. The lowest BCUT2D eigenvalue weighted by Crippen LogP contribution is -2.61. The highest BCUT2D eigenvalue weighted by Crippen LogP contribution is 2.40. The first-order valence-corrected chi connectivity index (χ1v) is 12.1. The van der Waals surface area contributed by atoms with E-state index in [4.69, 9.17) is 0 Å². The summed E-state index contributed by atoms with van der Waals surface area (Å²) in [6.07, 6.45) is -0.735. The average Bonchev–Trinajstić information content (AvgIpc) is 3.09. The van der Waals surface area contributed by atoms with E-state index >= 15 is 0 Å². The van der Waals surface area contributed by atoms with Gasteiger partial charge in [-0.1, -0.05) is 26.0 Å². The molecule has 36 heavy (non-hydrogen) atoms. The Labute approximate surface area is 209 Å². The number of hydrogen-bond donors (Lipinski definition) is 2. The number of hydrogen-bond acceptors (Lipinski definition) is 5. The van der Waals surface area contributed by atoms with E-state index in [1.165, 1.54) is 17.0 Å². The quantitative estimate of drug-likeness (QED) is 0.649. The number of benzene rings is 1. The predicted molar refractivity (Wildman–Crippen MR) is 133 cm³/mol. The first kappa shape index (κ1) is 25.8. The number of amides is 2. The average molecular weight is 501 g/mol. The third kappa shape index (κ3) is 4.75. The van der Waals surface area contributed by atoms with Gasteiger partial charge in [0, 0.05) is 50.1 Å². The van der Waals surface area contributed by atoms with Crippen LogP contribution in [-0.4, -0.2) is 81.4 Å². The van der Waals surface area contributed by atoms with Crippen molar-refractivity contribution in [2.24, 2.45) is 7.05 Å². The van der Waals surface area contributed by atoms with Gasteiger partial charge in [-0.25, -0.2) is 9.18 Å². The van der Waals surface area contributed by atoms with Crippen molar-refractivity contribution < 1.29 is 24.2 Å². The number of anilines is 1. The van der Waals surface area contributed by atoms with Crippen molar-refractivity contribution in [2.75, 3.05) is 37.7 Å². The van der Waals surface area contributed by atoms with E-state index < -0.39 is 17.6 Å². The number of fused-ring (bicyclic) bond motifs is 1. The number of carbonyl (C=O) groups is 2. The van der Waals surface area contributed by atoms with Crippen LogP contribution in [0.3, 0.4) is 0 Å². The molecule has 2 atom stereocenters. The molecule has 10 heteroatoms.